The van der Waals surface area contributed by atoms with Gasteiger partial charge in [-0.05, 0) is 24.1 Å². The van der Waals surface area contributed by atoms with Crippen LogP contribution >= 0.6 is 23.4 Å². The van der Waals surface area contributed by atoms with Crippen LogP contribution in [0.3, 0.4) is 0 Å². The maximum Gasteiger partial charge on any atom is 0.230 e. The first-order chi connectivity index (χ1) is 11.0. The molecule has 0 bridgehead atoms. The Labute approximate surface area is 144 Å². The number of nitrogens with zero attached hydrogens (tertiary/aromatic N) is 2. The van der Waals surface area contributed by atoms with E-state index in [1.165, 1.54) is 11.8 Å². The van der Waals surface area contributed by atoms with Crippen LogP contribution in [0.5, 0.6) is 5.75 Å². The number of amides is 1. The number of benzene rings is 1. The minimum absolute atomic E-state index is 0.0320. The Morgan fingerprint density at radius 1 is 1.48 bits per heavy atom. The van der Waals surface area contributed by atoms with Gasteiger partial charge in [0.05, 0.1) is 18.4 Å². The number of rotatable bonds is 7. The first kappa shape index (κ1) is 17.6. The van der Waals surface area contributed by atoms with Crippen LogP contribution in [0, 0.1) is 5.92 Å². The molecule has 1 heterocycles. The number of hydrogen-bond donors (Lipinski definition) is 2. The highest BCUT2D eigenvalue weighted by atomic mass is 35.5. The summed E-state index contributed by atoms with van der Waals surface area (Å²) in [6.07, 6.45) is 0. The van der Waals surface area contributed by atoms with Gasteiger partial charge in [-0.3, -0.25) is 9.89 Å². The summed E-state index contributed by atoms with van der Waals surface area (Å²) in [5.41, 5.74) is 0.726. The summed E-state index contributed by atoms with van der Waals surface area (Å²) in [5.74, 6) is 1.87. The molecule has 2 N–H and O–H groups in total. The number of aromatic nitrogens is 3. The van der Waals surface area contributed by atoms with Crippen molar-refractivity contribution in [3.05, 3.63) is 23.2 Å². The fourth-order valence-corrected chi connectivity index (χ4v) is 2.60. The molecule has 0 saturated heterocycles. The lowest BCUT2D eigenvalue weighted by Crippen LogP contribution is -2.28. The van der Waals surface area contributed by atoms with Crippen molar-refractivity contribution in [3.8, 4) is 17.1 Å². The lowest BCUT2D eigenvalue weighted by molar-refractivity contribution is -0.118. The maximum atomic E-state index is 11.7. The zero-order chi connectivity index (χ0) is 16.8. The highest BCUT2D eigenvalue weighted by Gasteiger charge is 2.13. The minimum Gasteiger partial charge on any atom is -0.496 e. The van der Waals surface area contributed by atoms with Gasteiger partial charge in [-0.25, -0.2) is 4.98 Å². The van der Waals surface area contributed by atoms with Crippen LogP contribution in [0.15, 0.2) is 23.4 Å². The van der Waals surface area contributed by atoms with E-state index in [1.54, 1.807) is 25.3 Å². The van der Waals surface area contributed by atoms with E-state index < -0.39 is 0 Å². The van der Waals surface area contributed by atoms with Crippen molar-refractivity contribution in [1.82, 2.24) is 20.5 Å². The van der Waals surface area contributed by atoms with Crippen LogP contribution in [0.4, 0.5) is 0 Å². The van der Waals surface area contributed by atoms with Crippen LogP contribution in [0.25, 0.3) is 11.4 Å². The highest BCUT2D eigenvalue weighted by molar-refractivity contribution is 7.99. The number of carbonyl (C=O) groups is 1. The van der Waals surface area contributed by atoms with Gasteiger partial charge in [0.25, 0.3) is 0 Å². The Morgan fingerprint density at radius 2 is 2.26 bits per heavy atom. The standard InChI is InChI=1S/C15H19ClN4O2S/c1-9(2)7-17-13(21)8-23-15-18-14(19-20-15)11-6-10(16)4-5-12(11)22-3/h4-6,9H,7-8H2,1-3H3,(H,17,21)(H,18,19,20). The highest BCUT2D eigenvalue weighted by Crippen LogP contribution is 2.31. The first-order valence-corrected chi connectivity index (χ1v) is 8.51. The predicted molar refractivity (Wildman–Crippen MR) is 92.0 cm³/mol. The van der Waals surface area contributed by atoms with Crippen molar-refractivity contribution in [2.75, 3.05) is 19.4 Å². The van der Waals surface area contributed by atoms with Gasteiger partial charge < -0.3 is 10.1 Å². The molecular formula is C15H19ClN4O2S. The molecule has 8 heteroatoms. The normalized spacial score (nSPS) is 10.8. The second kappa shape index (κ2) is 8.21. The van der Waals surface area contributed by atoms with Gasteiger partial charge in [-0.2, -0.15) is 0 Å². The fourth-order valence-electron chi connectivity index (χ4n) is 1.80. The Morgan fingerprint density at radius 3 is 2.96 bits per heavy atom. The molecule has 0 spiro atoms. The van der Waals surface area contributed by atoms with E-state index in [0.717, 1.165) is 5.56 Å². The fraction of sp³-hybridized carbons (Fsp3) is 0.400. The van der Waals surface area contributed by atoms with E-state index in [-0.39, 0.29) is 11.7 Å². The molecule has 0 aliphatic rings. The van der Waals surface area contributed by atoms with Gasteiger partial charge in [-0.1, -0.05) is 37.2 Å². The Kier molecular flexibility index (Phi) is 6.29. The number of nitrogens with one attached hydrogen (secondary N) is 2. The Bertz CT molecular complexity index is 675. The largest absolute Gasteiger partial charge is 0.496 e. The molecular weight excluding hydrogens is 336 g/mol. The zero-order valence-electron chi connectivity index (χ0n) is 13.2. The summed E-state index contributed by atoms with van der Waals surface area (Å²) >= 11 is 7.29. The van der Waals surface area contributed by atoms with E-state index in [1.807, 2.05) is 13.8 Å². The number of carbonyl (C=O) groups excluding carboxylic acids is 1. The lowest BCUT2D eigenvalue weighted by atomic mass is 10.2. The molecule has 0 radical (unpaired) electrons. The number of ether oxygens (including phenoxy) is 1. The van der Waals surface area contributed by atoms with Gasteiger partial charge in [0.2, 0.25) is 11.1 Å². The molecule has 0 fully saturated rings. The Balaban J connectivity index is 2.01. The summed E-state index contributed by atoms with van der Waals surface area (Å²) in [6, 6.07) is 5.27. The molecule has 0 aliphatic heterocycles. The molecule has 0 aliphatic carbocycles. The van der Waals surface area contributed by atoms with Crippen LogP contribution in [-0.2, 0) is 4.79 Å². The number of hydrogen-bond acceptors (Lipinski definition) is 5. The molecule has 1 aromatic carbocycles. The Hall–Kier alpha value is -1.73. The van der Waals surface area contributed by atoms with Crippen molar-refractivity contribution in [2.45, 2.75) is 19.0 Å². The topological polar surface area (TPSA) is 79.9 Å². The van der Waals surface area contributed by atoms with Crippen LogP contribution in [0.2, 0.25) is 5.02 Å². The van der Waals surface area contributed by atoms with Crippen LogP contribution in [0.1, 0.15) is 13.8 Å². The number of H-pyrrole nitrogens is 1. The van der Waals surface area contributed by atoms with Gasteiger partial charge in [0.15, 0.2) is 5.82 Å². The van der Waals surface area contributed by atoms with E-state index in [4.69, 9.17) is 16.3 Å². The van der Waals surface area contributed by atoms with Crippen molar-refractivity contribution in [1.29, 1.82) is 0 Å². The van der Waals surface area contributed by atoms with E-state index in [2.05, 4.69) is 20.5 Å². The first-order valence-electron chi connectivity index (χ1n) is 7.15. The van der Waals surface area contributed by atoms with Crippen LogP contribution < -0.4 is 10.1 Å². The van der Waals surface area contributed by atoms with Crippen LogP contribution in [-0.4, -0.2) is 40.5 Å². The monoisotopic (exact) mass is 354 g/mol. The number of thioether (sulfide) groups is 1. The summed E-state index contributed by atoms with van der Waals surface area (Å²) in [6.45, 7) is 4.76. The SMILES string of the molecule is COc1ccc(Cl)cc1-c1nc(SCC(=O)NCC(C)C)n[nH]1. The third-order valence-electron chi connectivity index (χ3n) is 2.92. The van der Waals surface area contributed by atoms with Crippen molar-refractivity contribution >= 4 is 29.3 Å². The summed E-state index contributed by atoms with van der Waals surface area (Å²) < 4.78 is 5.30. The van der Waals surface area contributed by atoms with Crippen molar-refractivity contribution in [2.24, 2.45) is 5.92 Å². The molecule has 1 amide bonds. The quantitative estimate of drug-likeness (QED) is 0.747. The summed E-state index contributed by atoms with van der Waals surface area (Å²) in [7, 11) is 1.58. The number of aromatic amines is 1. The minimum atomic E-state index is -0.0320. The maximum absolute atomic E-state index is 11.7. The average molecular weight is 355 g/mol. The van der Waals surface area contributed by atoms with Gasteiger partial charge in [-0.15, -0.1) is 5.10 Å². The predicted octanol–water partition coefficient (Wildman–Crippen LogP) is 3.00. The molecule has 1 aromatic heterocycles. The van der Waals surface area contributed by atoms with Crippen molar-refractivity contribution < 1.29 is 9.53 Å². The smallest absolute Gasteiger partial charge is 0.230 e. The third-order valence-corrected chi connectivity index (χ3v) is 4.00. The second-order valence-corrected chi connectivity index (χ2v) is 6.68. The van der Waals surface area contributed by atoms with Gasteiger partial charge >= 0.3 is 0 Å². The molecule has 0 saturated carbocycles. The second-order valence-electron chi connectivity index (χ2n) is 5.30. The van der Waals surface area contributed by atoms with Gasteiger partial charge in [0.1, 0.15) is 5.75 Å². The summed E-state index contributed by atoms with van der Waals surface area (Å²) in [4.78, 5) is 16.1. The molecule has 23 heavy (non-hydrogen) atoms. The number of methoxy groups -OCH3 is 1. The molecule has 2 rings (SSSR count). The lowest BCUT2D eigenvalue weighted by Gasteiger charge is -2.06. The molecule has 0 atom stereocenters. The number of halogens is 1. The third kappa shape index (κ3) is 5.14. The van der Waals surface area contributed by atoms with E-state index >= 15 is 0 Å². The van der Waals surface area contributed by atoms with E-state index in [0.29, 0.717) is 34.2 Å². The molecule has 124 valence electrons. The van der Waals surface area contributed by atoms with Crippen molar-refractivity contribution in [3.63, 3.8) is 0 Å². The van der Waals surface area contributed by atoms with Gasteiger partial charge in [0, 0.05) is 11.6 Å². The summed E-state index contributed by atoms with van der Waals surface area (Å²) in [5, 5.41) is 10.9. The van der Waals surface area contributed by atoms with E-state index in [9.17, 15) is 4.79 Å². The molecule has 2 aromatic rings. The molecule has 6 nitrogen and oxygen atoms in total. The zero-order valence-corrected chi connectivity index (χ0v) is 14.8. The molecule has 0 unspecified atom stereocenters. The average Bonchev–Trinajstić information content (AvgIpc) is 2.99.